The quantitative estimate of drug-likeness (QED) is 0.799. The molecule has 0 aliphatic heterocycles. The normalized spacial score (nSPS) is 14.0. The third-order valence-electron chi connectivity index (χ3n) is 2.29. The first-order valence-corrected chi connectivity index (χ1v) is 5.07. The molecule has 6 heteroatoms. The number of benzene rings is 1. The Balaban J connectivity index is 2.61. The second kappa shape index (κ2) is 5.37. The molecule has 0 aliphatic carbocycles. The van der Waals surface area contributed by atoms with Gasteiger partial charge < -0.3 is 10.8 Å². The number of halogens is 3. The van der Waals surface area contributed by atoms with Crippen molar-refractivity contribution in [1.82, 2.24) is 4.90 Å². The molecule has 1 rings (SSSR count). The smallest absolute Gasteiger partial charge is 0.398 e. The van der Waals surface area contributed by atoms with Crippen LogP contribution in [0.2, 0.25) is 0 Å². The summed E-state index contributed by atoms with van der Waals surface area (Å²) in [5.41, 5.74) is 6.44. The Morgan fingerprint density at radius 1 is 1.35 bits per heavy atom. The second-order valence-corrected chi connectivity index (χ2v) is 3.96. The Labute approximate surface area is 97.6 Å². The number of alkyl halides is 3. The Morgan fingerprint density at radius 3 is 2.47 bits per heavy atom. The molecule has 0 saturated carbocycles. The standard InChI is InChI=1S/C11H15F3N2O/c1-16(7-11(12,13)14)6-10(17)8-4-2-3-5-9(8)15/h2-5,10,17H,6-7,15H2,1H3. The van der Waals surface area contributed by atoms with Crippen LogP contribution in [0.5, 0.6) is 0 Å². The Hall–Kier alpha value is -1.27. The van der Waals surface area contributed by atoms with Gasteiger partial charge in [-0.1, -0.05) is 18.2 Å². The maximum Gasteiger partial charge on any atom is 0.401 e. The van der Waals surface area contributed by atoms with Gasteiger partial charge in [-0.25, -0.2) is 0 Å². The van der Waals surface area contributed by atoms with Crippen LogP contribution in [0, 0.1) is 0 Å². The van der Waals surface area contributed by atoms with E-state index in [2.05, 4.69) is 0 Å². The zero-order valence-corrected chi connectivity index (χ0v) is 9.41. The first-order chi connectivity index (χ1) is 7.79. The maximum atomic E-state index is 12.1. The first kappa shape index (κ1) is 13.8. The van der Waals surface area contributed by atoms with Crippen molar-refractivity contribution in [2.24, 2.45) is 0 Å². The van der Waals surface area contributed by atoms with E-state index in [4.69, 9.17) is 5.73 Å². The number of hydrogen-bond acceptors (Lipinski definition) is 3. The number of anilines is 1. The lowest BCUT2D eigenvalue weighted by Gasteiger charge is -2.22. The van der Waals surface area contributed by atoms with E-state index in [1.807, 2.05) is 0 Å². The fourth-order valence-corrected chi connectivity index (χ4v) is 1.58. The number of nitrogen functional groups attached to an aromatic ring is 1. The third kappa shape index (κ3) is 4.62. The molecule has 0 fully saturated rings. The van der Waals surface area contributed by atoms with E-state index in [1.54, 1.807) is 24.3 Å². The predicted octanol–water partition coefficient (Wildman–Crippen LogP) is 1.80. The largest absolute Gasteiger partial charge is 0.401 e. The van der Waals surface area contributed by atoms with Gasteiger partial charge in [-0.3, -0.25) is 4.90 Å². The molecule has 0 aliphatic rings. The van der Waals surface area contributed by atoms with Crippen molar-refractivity contribution in [2.45, 2.75) is 12.3 Å². The first-order valence-electron chi connectivity index (χ1n) is 5.07. The SMILES string of the molecule is CN(CC(O)c1ccccc1N)CC(F)(F)F. The minimum atomic E-state index is -4.27. The number of aliphatic hydroxyl groups excluding tert-OH is 1. The third-order valence-corrected chi connectivity index (χ3v) is 2.29. The van der Waals surface area contributed by atoms with Gasteiger partial charge in [0, 0.05) is 17.8 Å². The van der Waals surface area contributed by atoms with Crippen LogP contribution in [0.1, 0.15) is 11.7 Å². The Kier molecular flexibility index (Phi) is 4.36. The van der Waals surface area contributed by atoms with Crippen molar-refractivity contribution < 1.29 is 18.3 Å². The van der Waals surface area contributed by atoms with E-state index in [0.29, 0.717) is 11.3 Å². The van der Waals surface area contributed by atoms with Gasteiger partial charge in [0.15, 0.2) is 0 Å². The van der Waals surface area contributed by atoms with Crippen LogP contribution in [0.15, 0.2) is 24.3 Å². The molecular formula is C11H15F3N2O. The van der Waals surface area contributed by atoms with Crippen LogP contribution in [0.25, 0.3) is 0 Å². The van der Waals surface area contributed by atoms with Crippen LogP contribution >= 0.6 is 0 Å². The van der Waals surface area contributed by atoms with Gasteiger partial charge in [-0.15, -0.1) is 0 Å². The van der Waals surface area contributed by atoms with Gasteiger partial charge >= 0.3 is 6.18 Å². The summed E-state index contributed by atoms with van der Waals surface area (Å²) in [6.07, 6.45) is -5.29. The van der Waals surface area contributed by atoms with E-state index < -0.39 is 18.8 Å². The summed E-state index contributed by atoms with van der Waals surface area (Å²) in [7, 11) is 1.30. The summed E-state index contributed by atoms with van der Waals surface area (Å²) in [6, 6.07) is 6.58. The molecule has 0 saturated heterocycles. The van der Waals surface area contributed by atoms with E-state index in [9.17, 15) is 18.3 Å². The van der Waals surface area contributed by atoms with Gasteiger partial charge in [-0.2, -0.15) is 13.2 Å². The lowest BCUT2D eigenvalue weighted by molar-refractivity contribution is -0.145. The molecule has 1 unspecified atom stereocenters. The molecule has 0 heterocycles. The Bertz CT molecular complexity index is 368. The van der Waals surface area contributed by atoms with Crippen molar-refractivity contribution in [3.63, 3.8) is 0 Å². The number of rotatable bonds is 4. The Morgan fingerprint density at radius 2 is 1.94 bits per heavy atom. The van der Waals surface area contributed by atoms with Crippen molar-refractivity contribution in [3.05, 3.63) is 29.8 Å². The van der Waals surface area contributed by atoms with Crippen LogP contribution in [0.3, 0.4) is 0 Å². The van der Waals surface area contributed by atoms with Gasteiger partial charge in [0.25, 0.3) is 0 Å². The van der Waals surface area contributed by atoms with Gasteiger partial charge in [0.2, 0.25) is 0 Å². The summed E-state index contributed by atoms with van der Waals surface area (Å²) < 4.78 is 36.3. The van der Waals surface area contributed by atoms with Crippen molar-refractivity contribution in [1.29, 1.82) is 0 Å². The molecule has 96 valence electrons. The molecule has 0 spiro atoms. The molecule has 1 atom stereocenters. The van der Waals surface area contributed by atoms with E-state index in [0.717, 1.165) is 4.90 Å². The van der Waals surface area contributed by atoms with E-state index in [-0.39, 0.29) is 6.54 Å². The summed E-state index contributed by atoms with van der Waals surface area (Å²) in [6.45, 7) is -1.18. The highest BCUT2D eigenvalue weighted by atomic mass is 19.4. The molecule has 0 radical (unpaired) electrons. The van der Waals surface area contributed by atoms with Crippen LogP contribution in [0.4, 0.5) is 18.9 Å². The highest BCUT2D eigenvalue weighted by molar-refractivity contribution is 5.47. The second-order valence-electron chi connectivity index (χ2n) is 3.96. The summed E-state index contributed by atoms with van der Waals surface area (Å²) >= 11 is 0. The number of aliphatic hydroxyl groups is 1. The number of likely N-dealkylation sites (N-methyl/N-ethyl adjacent to an activating group) is 1. The highest BCUT2D eigenvalue weighted by Crippen LogP contribution is 2.22. The molecule has 0 bridgehead atoms. The monoisotopic (exact) mass is 248 g/mol. The molecule has 1 aromatic rings. The van der Waals surface area contributed by atoms with Gasteiger partial charge in [0.1, 0.15) is 0 Å². The molecular weight excluding hydrogens is 233 g/mol. The fourth-order valence-electron chi connectivity index (χ4n) is 1.58. The van der Waals surface area contributed by atoms with Crippen LogP contribution in [-0.4, -0.2) is 36.3 Å². The molecule has 3 N–H and O–H groups in total. The molecule has 0 aromatic heterocycles. The summed E-state index contributed by atoms with van der Waals surface area (Å²) in [5.74, 6) is 0. The lowest BCUT2D eigenvalue weighted by Crippen LogP contribution is -2.34. The molecule has 0 amide bonds. The summed E-state index contributed by atoms with van der Waals surface area (Å²) in [5, 5.41) is 9.78. The number of hydrogen-bond donors (Lipinski definition) is 2. The van der Waals surface area contributed by atoms with Crippen molar-refractivity contribution >= 4 is 5.69 Å². The minimum absolute atomic E-state index is 0.117. The van der Waals surface area contributed by atoms with Crippen LogP contribution < -0.4 is 5.73 Å². The van der Waals surface area contributed by atoms with Crippen LogP contribution in [-0.2, 0) is 0 Å². The molecule has 17 heavy (non-hydrogen) atoms. The zero-order valence-electron chi connectivity index (χ0n) is 9.41. The number of nitrogens with zero attached hydrogens (tertiary/aromatic N) is 1. The fraction of sp³-hybridized carbons (Fsp3) is 0.455. The maximum absolute atomic E-state index is 12.1. The van der Waals surface area contributed by atoms with E-state index >= 15 is 0 Å². The summed E-state index contributed by atoms with van der Waals surface area (Å²) in [4.78, 5) is 1.01. The highest BCUT2D eigenvalue weighted by Gasteiger charge is 2.30. The molecule has 1 aromatic carbocycles. The van der Waals surface area contributed by atoms with Gasteiger partial charge in [0.05, 0.1) is 12.6 Å². The van der Waals surface area contributed by atoms with Crippen molar-refractivity contribution in [2.75, 3.05) is 25.9 Å². The lowest BCUT2D eigenvalue weighted by atomic mass is 10.1. The average molecular weight is 248 g/mol. The topological polar surface area (TPSA) is 49.5 Å². The predicted molar refractivity (Wildman–Crippen MR) is 59.4 cm³/mol. The van der Waals surface area contributed by atoms with Crippen molar-refractivity contribution in [3.8, 4) is 0 Å². The minimum Gasteiger partial charge on any atom is -0.398 e. The molecule has 3 nitrogen and oxygen atoms in total. The average Bonchev–Trinajstić information content (AvgIpc) is 2.14. The van der Waals surface area contributed by atoms with Gasteiger partial charge in [-0.05, 0) is 13.1 Å². The van der Waals surface area contributed by atoms with E-state index in [1.165, 1.54) is 7.05 Å². The zero-order chi connectivity index (χ0) is 13.1. The number of para-hydroxylation sites is 1. The number of nitrogens with two attached hydrogens (primary N) is 1.